The molecule has 0 aliphatic rings. The van der Waals surface area contributed by atoms with Crippen LogP contribution in [0.25, 0.3) is 0 Å². The van der Waals surface area contributed by atoms with Gasteiger partial charge in [0.1, 0.15) is 0 Å². The zero-order valence-corrected chi connectivity index (χ0v) is 12.3. The molecule has 3 aromatic rings. The molecule has 1 nitrogen and oxygen atoms in total. The van der Waals surface area contributed by atoms with E-state index in [0.717, 1.165) is 0 Å². The fourth-order valence-corrected chi connectivity index (χ4v) is 1.30. The summed E-state index contributed by atoms with van der Waals surface area (Å²) in [5, 5.41) is 1.93. The van der Waals surface area contributed by atoms with Crippen molar-refractivity contribution in [2.75, 3.05) is 0 Å². The molecule has 2 heteroatoms. The highest BCUT2D eigenvalue weighted by molar-refractivity contribution is 7.07. The Morgan fingerprint density at radius 1 is 0.579 bits per heavy atom. The van der Waals surface area contributed by atoms with Crippen molar-refractivity contribution >= 4 is 11.3 Å². The summed E-state index contributed by atoms with van der Waals surface area (Å²) in [6, 6.07) is 24.0. The first-order chi connectivity index (χ1) is 9.50. The zero-order valence-electron chi connectivity index (χ0n) is 11.5. The molecule has 0 bridgehead atoms. The molecular weight excluding hydrogens is 250 g/mol. The molecule has 3 rings (SSSR count). The molecular formula is C17H21NS. The second-order valence-corrected chi connectivity index (χ2v) is 3.74. The van der Waals surface area contributed by atoms with Gasteiger partial charge in [-0.1, -0.05) is 86.6 Å². The van der Waals surface area contributed by atoms with E-state index in [9.17, 15) is 0 Å². The van der Waals surface area contributed by atoms with Gasteiger partial charge in [0, 0.05) is 11.6 Å². The van der Waals surface area contributed by atoms with Gasteiger partial charge in [-0.3, -0.25) is 4.98 Å². The monoisotopic (exact) mass is 271 g/mol. The highest BCUT2D eigenvalue weighted by Gasteiger charge is 1.59. The van der Waals surface area contributed by atoms with Crippen LogP contribution in [-0.4, -0.2) is 4.98 Å². The Hall–Kier alpha value is -1.93. The van der Waals surface area contributed by atoms with E-state index in [1.807, 2.05) is 92.0 Å². The van der Waals surface area contributed by atoms with Crippen molar-refractivity contribution in [3.8, 4) is 0 Å². The molecule has 0 amide bonds. The van der Waals surface area contributed by atoms with E-state index >= 15 is 0 Å². The number of thiazole rings is 1. The summed E-state index contributed by atoms with van der Waals surface area (Å²) in [5.74, 6) is 0. The molecule has 0 radical (unpaired) electrons. The van der Waals surface area contributed by atoms with Crippen molar-refractivity contribution in [2.24, 2.45) is 0 Å². The van der Waals surface area contributed by atoms with Gasteiger partial charge >= 0.3 is 0 Å². The third kappa shape index (κ3) is 14.0. The van der Waals surface area contributed by atoms with Crippen LogP contribution in [0.15, 0.2) is 89.9 Å². The molecule has 0 saturated heterocycles. The van der Waals surface area contributed by atoms with Crippen LogP contribution in [-0.2, 0) is 0 Å². The third-order valence-electron chi connectivity index (χ3n) is 1.68. The first-order valence-electron chi connectivity index (χ1n) is 6.32. The molecule has 0 fully saturated rings. The van der Waals surface area contributed by atoms with Crippen molar-refractivity contribution in [1.29, 1.82) is 0 Å². The molecule has 0 saturated carbocycles. The predicted octanol–water partition coefficient (Wildman–Crippen LogP) is 5.54. The van der Waals surface area contributed by atoms with Crippen molar-refractivity contribution in [1.82, 2.24) is 4.98 Å². The van der Waals surface area contributed by atoms with Gasteiger partial charge in [0.2, 0.25) is 0 Å². The van der Waals surface area contributed by atoms with E-state index in [-0.39, 0.29) is 0 Å². The highest BCUT2D eigenvalue weighted by Crippen LogP contribution is 1.86. The lowest BCUT2D eigenvalue weighted by molar-refractivity contribution is 1.43. The molecule has 0 aliphatic heterocycles. The van der Waals surface area contributed by atoms with Crippen LogP contribution >= 0.6 is 11.3 Å². The Bertz CT molecular complexity index is 321. The van der Waals surface area contributed by atoms with Crippen molar-refractivity contribution in [2.45, 2.75) is 13.8 Å². The maximum Gasteiger partial charge on any atom is 0.0791 e. The first kappa shape index (κ1) is 17.1. The van der Waals surface area contributed by atoms with Gasteiger partial charge in [0.05, 0.1) is 5.51 Å². The summed E-state index contributed by atoms with van der Waals surface area (Å²) in [5.41, 5.74) is 1.79. The van der Waals surface area contributed by atoms with E-state index < -0.39 is 0 Å². The Kier molecular flexibility index (Phi) is 14.4. The lowest BCUT2D eigenvalue weighted by Crippen LogP contribution is -1.47. The smallest absolute Gasteiger partial charge is 0.0791 e. The Balaban J connectivity index is 0.000000241. The number of nitrogens with zero attached hydrogens (tertiary/aromatic N) is 1. The quantitative estimate of drug-likeness (QED) is 0.523. The second kappa shape index (κ2) is 16.1. The fraction of sp³-hybridized carbons (Fsp3) is 0.118. The minimum Gasteiger partial charge on any atom is -0.253 e. The highest BCUT2D eigenvalue weighted by atomic mass is 32.1. The van der Waals surface area contributed by atoms with Crippen molar-refractivity contribution in [3.63, 3.8) is 0 Å². The average Bonchev–Trinajstić information content (AvgIpc) is 3.13. The molecule has 0 aliphatic carbocycles. The standard InChI is InChI=1S/2C6H6.C3H3NS.C2H6/c2*1-2-4-6-5-3-1;1-2-5-3-4-1;1-2/h2*1-6H;1-3H;1-2H3. The largest absolute Gasteiger partial charge is 0.253 e. The van der Waals surface area contributed by atoms with Crippen LogP contribution in [0, 0.1) is 0 Å². The van der Waals surface area contributed by atoms with E-state index in [1.165, 1.54) is 0 Å². The Labute approximate surface area is 120 Å². The van der Waals surface area contributed by atoms with E-state index in [1.54, 1.807) is 23.0 Å². The van der Waals surface area contributed by atoms with Gasteiger partial charge in [-0.2, -0.15) is 0 Å². The Morgan fingerprint density at radius 3 is 1.00 bits per heavy atom. The predicted molar refractivity (Wildman–Crippen MR) is 86.3 cm³/mol. The Morgan fingerprint density at radius 2 is 0.895 bits per heavy atom. The number of aromatic nitrogens is 1. The van der Waals surface area contributed by atoms with Gasteiger partial charge in [-0.25, -0.2) is 0 Å². The molecule has 2 aromatic carbocycles. The van der Waals surface area contributed by atoms with Gasteiger partial charge in [-0.15, -0.1) is 11.3 Å². The van der Waals surface area contributed by atoms with Crippen LogP contribution in [0.5, 0.6) is 0 Å². The lowest BCUT2D eigenvalue weighted by Gasteiger charge is -1.69. The normalized spacial score (nSPS) is 7.47. The molecule has 100 valence electrons. The molecule has 1 heterocycles. The van der Waals surface area contributed by atoms with Gasteiger partial charge in [0.25, 0.3) is 0 Å². The molecule has 0 spiro atoms. The summed E-state index contributed by atoms with van der Waals surface area (Å²) in [6.45, 7) is 4.00. The zero-order chi connectivity index (χ0) is 14.0. The second-order valence-electron chi connectivity index (χ2n) is 2.99. The maximum absolute atomic E-state index is 3.74. The number of rotatable bonds is 0. The minimum absolute atomic E-state index is 1.60. The third-order valence-corrected chi connectivity index (χ3v) is 2.20. The molecule has 0 unspecified atom stereocenters. The van der Waals surface area contributed by atoms with Crippen LogP contribution in [0.1, 0.15) is 13.8 Å². The van der Waals surface area contributed by atoms with E-state index in [0.29, 0.717) is 0 Å². The SMILES string of the molecule is CC.c1ccccc1.c1ccccc1.c1cscn1. The van der Waals surface area contributed by atoms with Gasteiger partial charge in [0.15, 0.2) is 0 Å². The van der Waals surface area contributed by atoms with Crippen LogP contribution in [0.2, 0.25) is 0 Å². The molecule has 1 aromatic heterocycles. The van der Waals surface area contributed by atoms with Gasteiger partial charge in [-0.05, 0) is 0 Å². The number of hydrogen-bond donors (Lipinski definition) is 0. The maximum atomic E-state index is 3.74. The molecule has 0 atom stereocenters. The first-order valence-corrected chi connectivity index (χ1v) is 7.26. The number of hydrogen-bond acceptors (Lipinski definition) is 2. The summed E-state index contributed by atoms with van der Waals surface area (Å²) in [6.07, 6.45) is 1.77. The summed E-state index contributed by atoms with van der Waals surface area (Å²) >= 11 is 1.60. The van der Waals surface area contributed by atoms with Crippen molar-refractivity contribution in [3.05, 3.63) is 89.9 Å². The molecule has 0 N–H and O–H groups in total. The minimum atomic E-state index is 1.60. The summed E-state index contributed by atoms with van der Waals surface area (Å²) < 4.78 is 0. The fourth-order valence-electron chi connectivity index (χ4n) is 0.945. The van der Waals surface area contributed by atoms with Crippen LogP contribution in [0.3, 0.4) is 0 Å². The van der Waals surface area contributed by atoms with Crippen LogP contribution < -0.4 is 0 Å². The topological polar surface area (TPSA) is 12.9 Å². The number of benzene rings is 2. The average molecular weight is 271 g/mol. The molecule has 19 heavy (non-hydrogen) atoms. The summed E-state index contributed by atoms with van der Waals surface area (Å²) in [7, 11) is 0. The summed E-state index contributed by atoms with van der Waals surface area (Å²) in [4.78, 5) is 3.74. The van der Waals surface area contributed by atoms with E-state index in [4.69, 9.17) is 0 Å². The van der Waals surface area contributed by atoms with E-state index in [2.05, 4.69) is 4.98 Å². The lowest BCUT2D eigenvalue weighted by atomic mass is 10.4. The van der Waals surface area contributed by atoms with Crippen molar-refractivity contribution < 1.29 is 0 Å². The van der Waals surface area contributed by atoms with Crippen LogP contribution in [0.4, 0.5) is 0 Å². The van der Waals surface area contributed by atoms with Gasteiger partial charge < -0.3 is 0 Å².